The van der Waals surface area contributed by atoms with Gasteiger partial charge in [-0.2, -0.15) is 0 Å². The molecule has 1 aromatic rings. The molecule has 0 aliphatic heterocycles. The van der Waals surface area contributed by atoms with Crippen LogP contribution < -0.4 is 10.6 Å². The smallest absolute Gasteiger partial charge is 0.220 e. The molecule has 0 spiro atoms. The minimum atomic E-state index is -0.0132. The molecule has 4 nitrogen and oxygen atoms in total. The van der Waals surface area contributed by atoms with Gasteiger partial charge in [0.15, 0.2) is 0 Å². The molecule has 104 valence electrons. The Morgan fingerprint density at radius 2 is 1.63 bits per heavy atom. The molecule has 0 saturated carbocycles. The van der Waals surface area contributed by atoms with Gasteiger partial charge in [0.1, 0.15) is 0 Å². The number of amides is 2. The van der Waals surface area contributed by atoms with E-state index in [1.165, 1.54) is 0 Å². The van der Waals surface area contributed by atoms with E-state index in [0.29, 0.717) is 37.4 Å². The number of hydrogen-bond acceptors (Lipinski definition) is 2. The zero-order valence-corrected chi connectivity index (χ0v) is 11.8. The highest BCUT2D eigenvalue weighted by molar-refractivity contribution is 6.30. The van der Waals surface area contributed by atoms with E-state index < -0.39 is 0 Å². The van der Waals surface area contributed by atoms with Crippen LogP contribution >= 0.6 is 11.6 Å². The van der Waals surface area contributed by atoms with Crippen molar-refractivity contribution in [3.63, 3.8) is 0 Å². The van der Waals surface area contributed by atoms with E-state index in [1.807, 2.05) is 24.3 Å². The van der Waals surface area contributed by atoms with E-state index in [2.05, 4.69) is 10.6 Å². The van der Waals surface area contributed by atoms with Crippen LogP contribution in [0.2, 0.25) is 5.02 Å². The van der Waals surface area contributed by atoms with E-state index in [0.717, 1.165) is 5.56 Å². The maximum Gasteiger partial charge on any atom is 0.220 e. The molecule has 1 rings (SSSR count). The summed E-state index contributed by atoms with van der Waals surface area (Å²) in [7, 11) is 0. The minimum Gasteiger partial charge on any atom is -0.354 e. The van der Waals surface area contributed by atoms with Crippen molar-refractivity contribution in [1.29, 1.82) is 0 Å². The lowest BCUT2D eigenvalue weighted by Crippen LogP contribution is -2.34. The number of hydrogen-bond donors (Lipinski definition) is 2. The average molecular weight is 283 g/mol. The standard InChI is InChI=1S/C14H19ClN2O2/c1-2-13(18)16-9-10-17-14(19)8-5-11-3-6-12(15)7-4-11/h3-4,6-7H,2,5,8-10H2,1H3,(H,16,18)(H,17,19). The molecule has 5 heteroatoms. The van der Waals surface area contributed by atoms with Gasteiger partial charge < -0.3 is 10.6 Å². The lowest BCUT2D eigenvalue weighted by Gasteiger charge is -2.06. The molecular weight excluding hydrogens is 264 g/mol. The summed E-state index contributed by atoms with van der Waals surface area (Å²) >= 11 is 5.78. The molecule has 0 bridgehead atoms. The van der Waals surface area contributed by atoms with Crippen molar-refractivity contribution in [3.8, 4) is 0 Å². The van der Waals surface area contributed by atoms with Crippen molar-refractivity contribution >= 4 is 23.4 Å². The van der Waals surface area contributed by atoms with Gasteiger partial charge in [0.2, 0.25) is 11.8 Å². The molecule has 0 saturated heterocycles. The average Bonchev–Trinajstić information content (AvgIpc) is 2.42. The van der Waals surface area contributed by atoms with Gasteiger partial charge in [0.25, 0.3) is 0 Å². The number of carbonyl (C=O) groups excluding carboxylic acids is 2. The van der Waals surface area contributed by atoms with Crippen LogP contribution in [0, 0.1) is 0 Å². The van der Waals surface area contributed by atoms with Crippen LogP contribution in [0.1, 0.15) is 25.3 Å². The summed E-state index contributed by atoms with van der Waals surface area (Å²) < 4.78 is 0. The Hall–Kier alpha value is -1.55. The normalized spacial score (nSPS) is 10.0. The summed E-state index contributed by atoms with van der Waals surface area (Å²) in [6, 6.07) is 7.46. The van der Waals surface area contributed by atoms with Crippen LogP contribution in [0.4, 0.5) is 0 Å². The van der Waals surface area contributed by atoms with Crippen molar-refractivity contribution in [3.05, 3.63) is 34.9 Å². The zero-order chi connectivity index (χ0) is 14.1. The molecule has 0 aliphatic rings. The summed E-state index contributed by atoms with van der Waals surface area (Å²) in [5, 5.41) is 6.16. The van der Waals surface area contributed by atoms with Crippen molar-refractivity contribution in [2.75, 3.05) is 13.1 Å². The van der Waals surface area contributed by atoms with Crippen molar-refractivity contribution in [2.24, 2.45) is 0 Å². The Labute approximate surface area is 118 Å². The Morgan fingerprint density at radius 1 is 1.05 bits per heavy atom. The Balaban J connectivity index is 2.14. The first-order chi connectivity index (χ1) is 9.11. The van der Waals surface area contributed by atoms with Crippen LogP contribution in [0.3, 0.4) is 0 Å². The van der Waals surface area contributed by atoms with Crippen LogP contribution in [0.25, 0.3) is 0 Å². The zero-order valence-electron chi connectivity index (χ0n) is 11.0. The van der Waals surface area contributed by atoms with Crippen LogP contribution in [0.15, 0.2) is 24.3 Å². The van der Waals surface area contributed by atoms with Gasteiger partial charge in [-0.05, 0) is 24.1 Å². The van der Waals surface area contributed by atoms with Crippen LogP contribution in [-0.4, -0.2) is 24.9 Å². The summed E-state index contributed by atoms with van der Waals surface area (Å²) in [4.78, 5) is 22.5. The molecule has 0 radical (unpaired) electrons. The van der Waals surface area contributed by atoms with E-state index >= 15 is 0 Å². The topological polar surface area (TPSA) is 58.2 Å². The largest absolute Gasteiger partial charge is 0.354 e. The first kappa shape index (κ1) is 15.5. The lowest BCUT2D eigenvalue weighted by atomic mass is 10.1. The third-order valence-corrected chi connectivity index (χ3v) is 2.90. The van der Waals surface area contributed by atoms with Crippen molar-refractivity contribution in [1.82, 2.24) is 10.6 Å². The summed E-state index contributed by atoms with van der Waals surface area (Å²) in [5.74, 6) is -0.0175. The summed E-state index contributed by atoms with van der Waals surface area (Å²) in [5.41, 5.74) is 1.08. The molecule has 2 N–H and O–H groups in total. The summed E-state index contributed by atoms with van der Waals surface area (Å²) in [6.07, 6.45) is 1.58. The summed E-state index contributed by atoms with van der Waals surface area (Å²) in [6.45, 7) is 2.73. The highest BCUT2D eigenvalue weighted by Crippen LogP contribution is 2.10. The van der Waals surface area contributed by atoms with E-state index in [1.54, 1.807) is 6.92 Å². The quantitative estimate of drug-likeness (QED) is 0.751. The molecule has 1 aromatic carbocycles. The van der Waals surface area contributed by atoms with Gasteiger partial charge in [-0.3, -0.25) is 9.59 Å². The molecule has 0 atom stereocenters. The number of carbonyl (C=O) groups is 2. The van der Waals surface area contributed by atoms with Gasteiger partial charge in [-0.1, -0.05) is 30.7 Å². The monoisotopic (exact) mass is 282 g/mol. The van der Waals surface area contributed by atoms with Gasteiger partial charge in [0.05, 0.1) is 0 Å². The molecular formula is C14H19ClN2O2. The highest BCUT2D eigenvalue weighted by Gasteiger charge is 2.02. The SMILES string of the molecule is CCC(=O)NCCNC(=O)CCc1ccc(Cl)cc1. The molecule has 0 unspecified atom stereocenters. The Morgan fingerprint density at radius 3 is 2.21 bits per heavy atom. The first-order valence-corrected chi connectivity index (χ1v) is 6.77. The van der Waals surface area contributed by atoms with Gasteiger partial charge in [-0.15, -0.1) is 0 Å². The molecule has 0 fully saturated rings. The maximum atomic E-state index is 11.5. The fourth-order valence-electron chi connectivity index (χ4n) is 1.53. The van der Waals surface area contributed by atoms with Crippen molar-refractivity contribution in [2.45, 2.75) is 26.2 Å². The predicted molar refractivity (Wildman–Crippen MR) is 76.1 cm³/mol. The first-order valence-electron chi connectivity index (χ1n) is 6.39. The molecule has 0 aliphatic carbocycles. The van der Waals surface area contributed by atoms with Gasteiger partial charge in [-0.25, -0.2) is 0 Å². The van der Waals surface area contributed by atoms with Crippen LogP contribution in [-0.2, 0) is 16.0 Å². The number of benzene rings is 1. The number of aryl methyl sites for hydroxylation is 1. The maximum absolute atomic E-state index is 11.5. The second kappa shape index (κ2) is 8.53. The molecule has 0 heterocycles. The molecule has 19 heavy (non-hydrogen) atoms. The minimum absolute atomic E-state index is 0.00425. The number of nitrogens with one attached hydrogen (secondary N) is 2. The lowest BCUT2D eigenvalue weighted by molar-refractivity contribution is -0.122. The van der Waals surface area contributed by atoms with Crippen LogP contribution in [0.5, 0.6) is 0 Å². The van der Waals surface area contributed by atoms with E-state index in [4.69, 9.17) is 11.6 Å². The predicted octanol–water partition coefficient (Wildman–Crippen LogP) is 1.91. The fourth-order valence-corrected chi connectivity index (χ4v) is 1.65. The van der Waals surface area contributed by atoms with Crippen molar-refractivity contribution < 1.29 is 9.59 Å². The fraction of sp³-hybridized carbons (Fsp3) is 0.429. The third kappa shape index (κ3) is 6.82. The van der Waals surface area contributed by atoms with Gasteiger partial charge in [0, 0.05) is 31.0 Å². The Bertz CT molecular complexity index is 418. The third-order valence-electron chi connectivity index (χ3n) is 2.64. The van der Waals surface area contributed by atoms with E-state index in [9.17, 15) is 9.59 Å². The molecule has 0 aromatic heterocycles. The Kier molecular flexibility index (Phi) is 6.97. The highest BCUT2D eigenvalue weighted by atomic mass is 35.5. The van der Waals surface area contributed by atoms with Gasteiger partial charge >= 0.3 is 0 Å². The molecule has 2 amide bonds. The van der Waals surface area contributed by atoms with E-state index in [-0.39, 0.29) is 11.8 Å². The number of halogens is 1. The second-order valence-electron chi connectivity index (χ2n) is 4.18. The second-order valence-corrected chi connectivity index (χ2v) is 4.62. The number of rotatable bonds is 7.